The largest absolute Gasteiger partial charge is 0.463 e. The van der Waals surface area contributed by atoms with E-state index in [1.165, 1.54) is 28.0 Å². The van der Waals surface area contributed by atoms with Crippen LogP contribution in [0.5, 0.6) is 0 Å². The standard InChI is InChI=1S/C16H19N3O5/c1-5-24-15(20)13-10(2)17(3)16(21)18(4)14(13)11-7-6-8-12(9-11)19(22)23/h6-9,14H,5H2,1-4H3. The van der Waals surface area contributed by atoms with Gasteiger partial charge in [0.05, 0.1) is 23.1 Å². The summed E-state index contributed by atoms with van der Waals surface area (Å²) in [4.78, 5) is 38.1. The Morgan fingerprint density at radius 3 is 2.62 bits per heavy atom. The predicted molar refractivity (Wildman–Crippen MR) is 86.1 cm³/mol. The van der Waals surface area contributed by atoms with Crippen LogP contribution in [-0.2, 0) is 9.53 Å². The molecule has 1 aromatic carbocycles. The first-order chi connectivity index (χ1) is 11.3. The van der Waals surface area contributed by atoms with Gasteiger partial charge < -0.3 is 14.5 Å². The number of nitro benzene ring substituents is 1. The van der Waals surface area contributed by atoms with Gasteiger partial charge in [-0.05, 0) is 19.4 Å². The van der Waals surface area contributed by atoms with Crippen molar-refractivity contribution in [2.75, 3.05) is 20.7 Å². The number of esters is 1. The van der Waals surface area contributed by atoms with Crippen molar-refractivity contribution in [3.63, 3.8) is 0 Å². The van der Waals surface area contributed by atoms with Crippen LogP contribution in [0.25, 0.3) is 0 Å². The van der Waals surface area contributed by atoms with Crippen LogP contribution in [0.2, 0.25) is 0 Å². The first kappa shape index (κ1) is 17.5. The summed E-state index contributed by atoms with van der Waals surface area (Å²) in [6.45, 7) is 3.54. The van der Waals surface area contributed by atoms with Crippen LogP contribution >= 0.6 is 0 Å². The van der Waals surface area contributed by atoms with E-state index in [0.717, 1.165) is 0 Å². The first-order valence-corrected chi connectivity index (χ1v) is 7.42. The fourth-order valence-electron chi connectivity index (χ4n) is 2.73. The number of nitro groups is 1. The van der Waals surface area contributed by atoms with Crippen molar-refractivity contribution >= 4 is 17.7 Å². The number of allylic oxidation sites excluding steroid dienone is 1. The normalized spacial score (nSPS) is 18.0. The van der Waals surface area contributed by atoms with E-state index in [1.54, 1.807) is 34.0 Å². The molecular formula is C16H19N3O5. The first-order valence-electron chi connectivity index (χ1n) is 7.42. The smallest absolute Gasteiger partial charge is 0.338 e. The van der Waals surface area contributed by atoms with E-state index < -0.39 is 16.9 Å². The number of non-ortho nitro benzene ring substituents is 1. The molecule has 1 aliphatic heterocycles. The van der Waals surface area contributed by atoms with Crippen LogP contribution < -0.4 is 0 Å². The minimum atomic E-state index is -0.743. The Bertz CT molecular complexity index is 728. The van der Waals surface area contributed by atoms with Gasteiger partial charge in [-0.1, -0.05) is 12.1 Å². The van der Waals surface area contributed by atoms with E-state index >= 15 is 0 Å². The molecule has 0 aliphatic carbocycles. The van der Waals surface area contributed by atoms with Gasteiger partial charge in [0.15, 0.2) is 0 Å². The molecule has 2 amide bonds. The average molecular weight is 333 g/mol. The Hall–Kier alpha value is -2.90. The van der Waals surface area contributed by atoms with E-state index in [2.05, 4.69) is 0 Å². The second-order valence-corrected chi connectivity index (χ2v) is 5.43. The third-order valence-corrected chi connectivity index (χ3v) is 4.03. The number of hydrogen-bond donors (Lipinski definition) is 0. The molecule has 1 unspecified atom stereocenters. The molecule has 8 nitrogen and oxygen atoms in total. The number of ether oxygens (including phenoxy) is 1. The zero-order valence-corrected chi connectivity index (χ0v) is 14.0. The van der Waals surface area contributed by atoms with Crippen LogP contribution in [-0.4, -0.2) is 47.4 Å². The molecule has 24 heavy (non-hydrogen) atoms. The van der Waals surface area contributed by atoms with E-state index in [4.69, 9.17) is 4.74 Å². The lowest BCUT2D eigenvalue weighted by Gasteiger charge is -2.39. The third-order valence-electron chi connectivity index (χ3n) is 4.03. The molecule has 0 bridgehead atoms. The molecule has 1 aliphatic rings. The van der Waals surface area contributed by atoms with E-state index in [1.807, 2.05) is 0 Å². The lowest BCUT2D eigenvalue weighted by Crippen LogP contribution is -2.47. The number of rotatable bonds is 4. The summed E-state index contributed by atoms with van der Waals surface area (Å²) < 4.78 is 5.12. The number of carbonyl (C=O) groups excluding carboxylic acids is 2. The summed E-state index contributed by atoms with van der Waals surface area (Å²) in [6.07, 6.45) is 0. The number of carbonyl (C=O) groups is 2. The summed E-state index contributed by atoms with van der Waals surface area (Å²) in [5, 5.41) is 11.0. The molecule has 0 saturated heterocycles. The minimum Gasteiger partial charge on any atom is -0.463 e. The number of benzene rings is 1. The number of hydrogen-bond acceptors (Lipinski definition) is 5. The summed E-state index contributed by atoms with van der Waals surface area (Å²) >= 11 is 0. The highest BCUT2D eigenvalue weighted by atomic mass is 16.6. The molecule has 1 aromatic rings. The predicted octanol–water partition coefficient (Wildman–Crippen LogP) is 2.47. The molecule has 0 fully saturated rings. The van der Waals surface area contributed by atoms with Gasteiger partial charge in [-0.3, -0.25) is 10.1 Å². The van der Waals surface area contributed by atoms with Crippen molar-refractivity contribution < 1.29 is 19.2 Å². The van der Waals surface area contributed by atoms with Crippen LogP contribution in [0.4, 0.5) is 10.5 Å². The Labute approximate surface area is 139 Å². The highest BCUT2D eigenvalue weighted by molar-refractivity contribution is 5.95. The van der Waals surface area contributed by atoms with Crippen LogP contribution in [0, 0.1) is 10.1 Å². The fraction of sp³-hybridized carbons (Fsp3) is 0.375. The van der Waals surface area contributed by atoms with Gasteiger partial charge >= 0.3 is 12.0 Å². The molecule has 1 atom stereocenters. The summed E-state index contributed by atoms with van der Waals surface area (Å²) in [5.41, 5.74) is 1.14. The lowest BCUT2D eigenvalue weighted by atomic mass is 9.93. The topological polar surface area (TPSA) is 93.0 Å². The van der Waals surface area contributed by atoms with E-state index in [0.29, 0.717) is 16.8 Å². The molecule has 128 valence electrons. The van der Waals surface area contributed by atoms with Crippen LogP contribution in [0.3, 0.4) is 0 Å². The van der Waals surface area contributed by atoms with Crippen LogP contribution in [0.15, 0.2) is 35.5 Å². The highest BCUT2D eigenvalue weighted by Crippen LogP contribution is 2.37. The van der Waals surface area contributed by atoms with Crippen LogP contribution in [0.1, 0.15) is 25.5 Å². The number of amides is 2. The lowest BCUT2D eigenvalue weighted by molar-refractivity contribution is -0.384. The Kier molecular flexibility index (Phi) is 4.87. The van der Waals surface area contributed by atoms with Gasteiger partial charge in [0.2, 0.25) is 0 Å². The van der Waals surface area contributed by atoms with E-state index in [9.17, 15) is 19.7 Å². The number of urea groups is 1. The molecule has 1 heterocycles. The minimum absolute atomic E-state index is 0.104. The Morgan fingerprint density at radius 1 is 1.38 bits per heavy atom. The summed E-state index contributed by atoms with van der Waals surface area (Å²) in [6, 6.07) is 4.86. The van der Waals surface area contributed by atoms with Crippen molar-refractivity contribution in [3.05, 3.63) is 51.2 Å². The maximum atomic E-state index is 12.4. The SMILES string of the molecule is CCOC(=O)C1=C(C)N(C)C(=O)N(C)C1c1cccc([N+](=O)[O-])c1. The maximum absolute atomic E-state index is 12.4. The van der Waals surface area contributed by atoms with Gasteiger partial charge in [0.1, 0.15) is 0 Å². The van der Waals surface area contributed by atoms with Gasteiger partial charge in [0, 0.05) is 31.9 Å². The van der Waals surface area contributed by atoms with Gasteiger partial charge in [0.25, 0.3) is 5.69 Å². The molecule has 0 radical (unpaired) electrons. The molecule has 0 N–H and O–H groups in total. The number of nitrogens with zero attached hydrogens (tertiary/aromatic N) is 3. The third kappa shape index (κ3) is 2.94. The van der Waals surface area contributed by atoms with E-state index in [-0.39, 0.29) is 18.3 Å². The van der Waals surface area contributed by atoms with Gasteiger partial charge in [-0.25, -0.2) is 9.59 Å². The number of likely N-dealkylation sites (N-methyl/N-ethyl adjacent to an activating group) is 1. The monoisotopic (exact) mass is 333 g/mol. The van der Waals surface area contributed by atoms with Crippen molar-refractivity contribution in [3.8, 4) is 0 Å². The van der Waals surface area contributed by atoms with Gasteiger partial charge in [-0.15, -0.1) is 0 Å². The second kappa shape index (κ2) is 6.69. The molecule has 0 saturated carbocycles. The summed E-state index contributed by atoms with van der Waals surface area (Å²) in [7, 11) is 3.12. The fourth-order valence-corrected chi connectivity index (χ4v) is 2.73. The molecule has 8 heteroatoms. The average Bonchev–Trinajstić information content (AvgIpc) is 2.56. The van der Waals surface area contributed by atoms with Crippen molar-refractivity contribution in [2.24, 2.45) is 0 Å². The molecular weight excluding hydrogens is 314 g/mol. The second-order valence-electron chi connectivity index (χ2n) is 5.43. The Balaban J connectivity index is 2.62. The van der Waals surface area contributed by atoms with Gasteiger partial charge in [-0.2, -0.15) is 0 Å². The maximum Gasteiger partial charge on any atom is 0.338 e. The van der Waals surface area contributed by atoms with Crippen molar-refractivity contribution in [1.82, 2.24) is 9.80 Å². The van der Waals surface area contributed by atoms with Crippen molar-refractivity contribution in [1.29, 1.82) is 0 Å². The summed E-state index contributed by atoms with van der Waals surface area (Å²) in [5.74, 6) is -0.544. The molecule has 2 rings (SSSR count). The Morgan fingerprint density at radius 2 is 2.04 bits per heavy atom. The molecule has 0 aromatic heterocycles. The zero-order chi connectivity index (χ0) is 18.0. The quantitative estimate of drug-likeness (QED) is 0.479. The molecule has 0 spiro atoms. The zero-order valence-electron chi connectivity index (χ0n) is 14.0. The van der Waals surface area contributed by atoms with Crippen molar-refractivity contribution in [2.45, 2.75) is 19.9 Å². The highest BCUT2D eigenvalue weighted by Gasteiger charge is 2.39.